The SMILES string of the molecule is CC(C)(C)OC[C@@H](O)CN(Cc1ccc(F)cc1)C[C@H]1CC(c2ccc(Cl)c(Cl)c2)=NO1. The van der Waals surface area contributed by atoms with Crippen LogP contribution >= 0.6 is 23.2 Å². The van der Waals surface area contributed by atoms with Gasteiger partial charge in [0.2, 0.25) is 0 Å². The number of rotatable bonds is 9. The molecule has 3 rings (SSSR count). The van der Waals surface area contributed by atoms with Crippen LogP contribution in [0, 0.1) is 5.82 Å². The van der Waals surface area contributed by atoms with Crippen LogP contribution in [-0.2, 0) is 16.1 Å². The van der Waals surface area contributed by atoms with Crippen molar-refractivity contribution in [3.05, 3.63) is 69.5 Å². The molecule has 32 heavy (non-hydrogen) atoms. The molecule has 2 atom stereocenters. The maximum Gasteiger partial charge on any atom is 0.145 e. The summed E-state index contributed by atoms with van der Waals surface area (Å²) in [7, 11) is 0. The molecule has 5 nitrogen and oxygen atoms in total. The first-order valence-corrected chi connectivity index (χ1v) is 11.3. The van der Waals surface area contributed by atoms with Crippen molar-refractivity contribution in [1.29, 1.82) is 0 Å². The number of hydrogen-bond donors (Lipinski definition) is 1. The highest BCUT2D eigenvalue weighted by Crippen LogP contribution is 2.26. The van der Waals surface area contributed by atoms with E-state index in [1.807, 2.05) is 26.8 Å². The summed E-state index contributed by atoms with van der Waals surface area (Å²) in [6.45, 7) is 7.53. The Kier molecular flexibility index (Phi) is 8.53. The van der Waals surface area contributed by atoms with E-state index in [1.165, 1.54) is 12.1 Å². The molecule has 0 saturated carbocycles. The number of ether oxygens (including phenoxy) is 1. The molecule has 1 aliphatic rings. The number of aliphatic hydroxyl groups excluding tert-OH is 1. The molecule has 1 N–H and O–H groups in total. The summed E-state index contributed by atoms with van der Waals surface area (Å²) in [5.41, 5.74) is 2.27. The standard InChI is InChI=1S/C24H29Cl2FN2O3/c1-24(2,3)31-15-19(30)13-29(12-16-4-7-18(27)8-5-16)14-20-11-23(28-32-20)17-6-9-21(25)22(26)10-17/h4-10,19-20,30H,11-15H2,1-3H3/t19-,20+/m0/s1. The third-order valence-corrected chi connectivity index (χ3v) is 5.68. The molecule has 174 valence electrons. The van der Waals surface area contributed by atoms with Crippen LogP contribution < -0.4 is 0 Å². The van der Waals surface area contributed by atoms with Crippen molar-refractivity contribution in [2.45, 2.75) is 51.5 Å². The number of hydrogen-bond acceptors (Lipinski definition) is 5. The number of aliphatic hydroxyl groups is 1. The second kappa shape index (κ2) is 10.9. The predicted octanol–water partition coefficient (Wildman–Crippen LogP) is 5.30. The Morgan fingerprint density at radius 3 is 2.56 bits per heavy atom. The van der Waals surface area contributed by atoms with Gasteiger partial charge in [0.25, 0.3) is 0 Å². The van der Waals surface area contributed by atoms with E-state index in [0.717, 1.165) is 16.8 Å². The number of oxime groups is 1. The fourth-order valence-corrected chi connectivity index (χ4v) is 3.71. The Labute approximate surface area is 198 Å². The highest BCUT2D eigenvalue weighted by Gasteiger charge is 2.26. The van der Waals surface area contributed by atoms with Gasteiger partial charge in [0.05, 0.1) is 34.1 Å². The van der Waals surface area contributed by atoms with Crippen molar-refractivity contribution in [2.75, 3.05) is 19.7 Å². The molecule has 0 bridgehead atoms. The maximum absolute atomic E-state index is 13.3. The largest absolute Gasteiger partial charge is 0.390 e. The number of nitrogens with zero attached hydrogens (tertiary/aromatic N) is 2. The van der Waals surface area contributed by atoms with Crippen molar-refractivity contribution in [3.63, 3.8) is 0 Å². The molecule has 0 spiro atoms. The zero-order valence-electron chi connectivity index (χ0n) is 18.5. The summed E-state index contributed by atoms with van der Waals surface area (Å²) in [6, 6.07) is 11.7. The van der Waals surface area contributed by atoms with E-state index in [-0.39, 0.29) is 24.1 Å². The number of benzene rings is 2. The molecule has 1 heterocycles. The average Bonchev–Trinajstić information content (AvgIpc) is 3.18. The summed E-state index contributed by atoms with van der Waals surface area (Å²) in [5.74, 6) is -0.280. The van der Waals surface area contributed by atoms with Crippen molar-refractivity contribution < 1.29 is 19.1 Å². The van der Waals surface area contributed by atoms with Crippen LogP contribution in [0.5, 0.6) is 0 Å². The summed E-state index contributed by atoms with van der Waals surface area (Å²) >= 11 is 12.1. The molecular weight excluding hydrogens is 454 g/mol. The number of halogens is 3. The Bertz CT molecular complexity index is 932. The van der Waals surface area contributed by atoms with Crippen LogP contribution in [-0.4, -0.2) is 53.2 Å². The van der Waals surface area contributed by atoms with Gasteiger partial charge in [-0.25, -0.2) is 4.39 Å². The summed E-state index contributed by atoms with van der Waals surface area (Å²) in [5, 5.41) is 15.7. The van der Waals surface area contributed by atoms with Crippen LogP contribution in [0.25, 0.3) is 0 Å². The molecule has 1 aliphatic heterocycles. The summed E-state index contributed by atoms with van der Waals surface area (Å²) in [6.07, 6.45) is -0.255. The van der Waals surface area contributed by atoms with Crippen molar-refractivity contribution in [2.24, 2.45) is 5.16 Å². The monoisotopic (exact) mass is 482 g/mol. The quantitative estimate of drug-likeness (QED) is 0.526. The second-order valence-corrected chi connectivity index (χ2v) is 9.81. The molecule has 0 unspecified atom stereocenters. The van der Waals surface area contributed by atoms with Gasteiger partial charge in [-0.1, -0.05) is 46.6 Å². The van der Waals surface area contributed by atoms with Crippen LogP contribution in [0.3, 0.4) is 0 Å². The molecule has 2 aromatic carbocycles. The average molecular weight is 483 g/mol. The van der Waals surface area contributed by atoms with E-state index in [2.05, 4.69) is 10.1 Å². The molecule has 0 radical (unpaired) electrons. The maximum atomic E-state index is 13.3. The Morgan fingerprint density at radius 2 is 1.91 bits per heavy atom. The minimum absolute atomic E-state index is 0.185. The summed E-state index contributed by atoms with van der Waals surface area (Å²) < 4.78 is 19.0. The van der Waals surface area contributed by atoms with Crippen LogP contribution in [0.1, 0.15) is 38.3 Å². The third kappa shape index (κ3) is 7.71. The van der Waals surface area contributed by atoms with Gasteiger partial charge >= 0.3 is 0 Å². The highest BCUT2D eigenvalue weighted by atomic mass is 35.5. The lowest BCUT2D eigenvalue weighted by molar-refractivity contribution is -0.0600. The van der Waals surface area contributed by atoms with Crippen molar-refractivity contribution >= 4 is 28.9 Å². The molecule has 0 aromatic heterocycles. The first-order valence-electron chi connectivity index (χ1n) is 10.6. The van der Waals surface area contributed by atoms with E-state index in [9.17, 15) is 9.50 Å². The lowest BCUT2D eigenvalue weighted by atomic mass is 10.0. The van der Waals surface area contributed by atoms with Crippen LogP contribution in [0.4, 0.5) is 4.39 Å². The molecule has 0 fully saturated rings. The van der Waals surface area contributed by atoms with Gasteiger partial charge in [0.1, 0.15) is 11.9 Å². The van der Waals surface area contributed by atoms with Gasteiger partial charge < -0.3 is 14.7 Å². The molecule has 0 saturated heterocycles. The smallest absolute Gasteiger partial charge is 0.145 e. The lowest BCUT2D eigenvalue weighted by Crippen LogP contribution is -2.40. The predicted molar refractivity (Wildman–Crippen MR) is 126 cm³/mol. The van der Waals surface area contributed by atoms with Crippen molar-refractivity contribution in [3.8, 4) is 0 Å². The van der Waals surface area contributed by atoms with E-state index < -0.39 is 6.10 Å². The fourth-order valence-electron chi connectivity index (χ4n) is 3.41. The van der Waals surface area contributed by atoms with Crippen LogP contribution in [0.15, 0.2) is 47.6 Å². The molecular formula is C24H29Cl2FN2O3. The van der Waals surface area contributed by atoms with Gasteiger partial charge in [0.15, 0.2) is 0 Å². The fraction of sp³-hybridized carbons (Fsp3) is 0.458. The van der Waals surface area contributed by atoms with Crippen LogP contribution in [0.2, 0.25) is 10.0 Å². The zero-order chi connectivity index (χ0) is 23.3. The van der Waals surface area contributed by atoms with E-state index in [4.69, 9.17) is 32.8 Å². The first-order chi connectivity index (χ1) is 15.1. The van der Waals surface area contributed by atoms with E-state index in [1.54, 1.807) is 24.3 Å². The van der Waals surface area contributed by atoms with E-state index >= 15 is 0 Å². The second-order valence-electron chi connectivity index (χ2n) is 9.00. The third-order valence-electron chi connectivity index (χ3n) is 4.94. The van der Waals surface area contributed by atoms with Gasteiger partial charge in [-0.2, -0.15) is 0 Å². The van der Waals surface area contributed by atoms with Crippen molar-refractivity contribution in [1.82, 2.24) is 4.90 Å². The molecule has 8 heteroatoms. The molecule has 0 amide bonds. The van der Waals surface area contributed by atoms with Gasteiger partial charge in [-0.05, 0) is 50.6 Å². The van der Waals surface area contributed by atoms with Gasteiger partial charge in [0, 0.05) is 31.6 Å². The van der Waals surface area contributed by atoms with E-state index in [0.29, 0.717) is 36.1 Å². The Hall–Kier alpha value is -1.70. The Balaban J connectivity index is 1.63. The lowest BCUT2D eigenvalue weighted by Gasteiger charge is -2.28. The Morgan fingerprint density at radius 1 is 1.19 bits per heavy atom. The molecule has 0 aliphatic carbocycles. The molecule has 2 aromatic rings. The zero-order valence-corrected chi connectivity index (χ0v) is 20.0. The topological polar surface area (TPSA) is 54.3 Å². The van der Waals surface area contributed by atoms with Gasteiger partial charge in [-0.3, -0.25) is 4.90 Å². The van der Waals surface area contributed by atoms with Gasteiger partial charge in [-0.15, -0.1) is 0 Å². The first kappa shape index (κ1) is 24.9. The highest BCUT2D eigenvalue weighted by molar-refractivity contribution is 6.42. The summed E-state index contributed by atoms with van der Waals surface area (Å²) in [4.78, 5) is 7.74. The minimum atomic E-state index is -0.675. The normalized spacial score (nSPS) is 17.4. The minimum Gasteiger partial charge on any atom is -0.390 e.